The number of piperidine rings is 1. The second-order valence-electron chi connectivity index (χ2n) is 3.09. The predicted molar refractivity (Wildman–Crippen MR) is 32.1 cm³/mol. The van der Waals surface area contributed by atoms with Crippen LogP contribution in [0.2, 0.25) is 0 Å². The topological polar surface area (TPSA) is 69.6 Å². The second kappa shape index (κ2) is 1.52. The van der Waals surface area contributed by atoms with Gasteiger partial charge in [-0.2, -0.15) is 0 Å². The second-order valence-corrected chi connectivity index (χ2v) is 3.09. The van der Waals surface area contributed by atoms with Crippen LogP contribution in [0.4, 0.5) is 0 Å². The van der Waals surface area contributed by atoms with Crippen LogP contribution in [0, 0.1) is 0 Å². The van der Waals surface area contributed by atoms with Crippen LogP contribution in [-0.2, 0) is 4.79 Å². The van der Waals surface area contributed by atoms with E-state index >= 15 is 0 Å². The maximum absolute atomic E-state index is 10.8. The van der Waals surface area contributed by atoms with E-state index in [1.54, 1.807) is 0 Å². The molecule has 4 nitrogen and oxygen atoms in total. The van der Waals surface area contributed by atoms with E-state index in [1.807, 2.05) is 0 Å². The molecule has 3 unspecified atom stereocenters. The molecule has 3 atom stereocenters. The number of aliphatic hydroxyl groups excluding tert-OH is 1. The lowest BCUT2D eigenvalue weighted by molar-refractivity contribution is -0.138. The van der Waals surface area contributed by atoms with Crippen molar-refractivity contribution in [2.45, 2.75) is 30.6 Å². The smallest absolute Gasteiger partial charge is 0.252 e. The fourth-order valence-corrected chi connectivity index (χ4v) is 1.71. The zero-order valence-corrected chi connectivity index (χ0v) is 5.37. The van der Waals surface area contributed by atoms with E-state index in [1.165, 1.54) is 0 Å². The maximum Gasteiger partial charge on any atom is 0.252 e. The normalized spacial score (nSPS) is 51.6. The Balaban J connectivity index is 2.29. The quantitative estimate of drug-likeness (QED) is 0.381. The van der Waals surface area contributed by atoms with Crippen molar-refractivity contribution in [3.63, 3.8) is 0 Å². The molecule has 2 aliphatic rings. The van der Waals surface area contributed by atoms with E-state index < -0.39 is 11.7 Å². The number of amides is 1. The highest BCUT2D eigenvalue weighted by molar-refractivity contribution is 5.89. The first-order valence-electron chi connectivity index (χ1n) is 3.33. The highest BCUT2D eigenvalue weighted by Crippen LogP contribution is 2.35. The number of nitrogens with one attached hydrogen (secondary N) is 1. The van der Waals surface area contributed by atoms with E-state index in [4.69, 9.17) is 5.11 Å². The van der Waals surface area contributed by atoms with Crippen molar-refractivity contribution in [3.05, 3.63) is 0 Å². The van der Waals surface area contributed by atoms with Crippen LogP contribution in [0.3, 0.4) is 0 Å². The molecule has 56 valence electrons. The number of hydrogen-bond donors (Lipinski definition) is 3. The van der Waals surface area contributed by atoms with Crippen molar-refractivity contribution in [1.82, 2.24) is 5.32 Å². The number of rotatable bonds is 0. The van der Waals surface area contributed by atoms with E-state index in [0.717, 1.165) is 0 Å². The highest BCUT2D eigenvalue weighted by atomic mass is 16.3. The number of carbonyl (C=O) groups is 1. The van der Waals surface area contributed by atoms with Gasteiger partial charge in [-0.3, -0.25) is 4.79 Å². The molecule has 1 saturated carbocycles. The van der Waals surface area contributed by atoms with Gasteiger partial charge >= 0.3 is 0 Å². The van der Waals surface area contributed by atoms with Gasteiger partial charge in [-0.15, -0.1) is 0 Å². The molecule has 1 aliphatic carbocycles. The summed E-state index contributed by atoms with van der Waals surface area (Å²) < 4.78 is 0. The molecular weight excluding hydrogens is 134 g/mol. The summed E-state index contributed by atoms with van der Waals surface area (Å²) in [5.41, 5.74) is -1.26. The molecular formula is C6H9NO3. The van der Waals surface area contributed by atoms with Gasteiger partial charge in [0.25, 0.3) is 5.91 Å². The minimum atomic E-state index is -1.26. The summed E-state index contributed by atoms with van der Waals surface area (Å²) in [6, 6.07) is -0.211. The van der Waals surface area contributed by atoms with Crippen LogP contribution in [-0.4, -0.2) is 33.9 Å². The molecule has 0 aromatic rings. The summed E-state index contributed by atoms with van der Waals surface area (Å²) in [6.07, 6.45) is 0.0129. The number of fused-ring (bicyclic) bond motifs is 2. The molecule has 2 bridgehead atoms. The number of carbonyl (C=O) groups excluding carboxylic acids is 1. The average Bonchev–Trinajstić information content (AvgIpc) is 2.20. The van der Waals surface area contributed by atoms with Crippen LogP contribution in [0.5, 0.6) is 0 Å². The SMILES string of the molecule is O=C1NC2CC1(O)CC2O. The van der Waals surface area contributed by atoms with Gasteiger partial charge in [0.1, 0.15) is 5.60 Å². The van der Waals surface area contributed by atoms with Gasteiger partial charge in [-0.05, 0) is 0 Å². The molecule has 10 heavy (non-hydrogen) atoms. The fourth-order valence-electron chi connectivity index (χ4n) is 1.71. The fraction of sp³-hybridized carbons (Fsp3) is 0.833. The first kappa shape index (κ1) is 6.12. The largest absolute Gasteiger partial charge is 0.391 e. The summed E-state index contributed by atoms with van der Waals surface area (Å²) >= 11 is 0. The van der Waals surface area contributed by atoms with Crippen molar-refractivity contribution in [1.29, 1.82) is 0 Å². The van der Waals surface area contributed by atoms with E-state index in [2.05, 4.69) is 5.32 Å². The summed E-state index contributed by atoms with van der Waals surface area (Å²) in [5, 5.41) is 21.0. The van der Waals surface area contributed by atoms with Gasteiger partial charge in [-0.25, -0.2) is 0 Å². The molecule has 0 spiro atoms. The zero-order valence-electron chi connectivity index (χ0n) is 5.37. The molecule has 2 rings (SSSR count). The molecule has 2 fully saturated rings. The van der Waals surface area contributed by atoms with Crippen molar-refractivity contribution >= 4 is 5.91 Å². The minimum absolute atomic E-state index is 0.198. The summed E-state index contributed by atoms with van der Waals surface area (Å²) in [5.74, 6) is -0.331. The van der Waals surface area contributed by atoms with Gasteiger partial charge < -0.3 is 15.5 Å². The molecule has 1 saturated heterocycles. The molecule has 3 N–H and O–H groups in total. The van der Waals surface area contributed by atoms with Crippen molar-refractivity contribution < 1.29 is 15.0 Å². The third kappa shape index (κ3) is 0.552. The highest BCUT2D eigenvalue weighted by Gasteiger charge is 2.55. The lowest BCUT2D eigenvalue weighted by atomic mass is 10.0. The van der Waals surface area contributed by atoms with E-state index in [0.29, 0.717) is 6.42 Å². The Hall–Kier alpha value is -0.610. The Morgan fingerprint density at radius 3 is 2.60 bits per heavy atom. The Morgan fingerprint density at radius 2 is 2.30 bits per heavy atom. The zero-order chi connectivity index (χ0) is 7.35. The van der Waals surface area contributed by atoms with Crippen LogP contribution in [0.1, 0.15) is 12.8 Å². The van der Waals surface area contributed by atoms with Crippen LogP contribution in [0.25, 0.3) is 0 Å². The molecule has 0 aromatic heterocycles. The first-order chi connectivity index (χ1) is 4.62. The molecule has 0 aromatic carbocycles. The molecule has 1 heterocycles. The molecule has 1 amide bonds. The Morgan fingerprint density at radius 1 is 1.60 bits per heavy atom. The van der Waals surface area contributed by atoms with Gasteiger partial charge in [0.15, 0.2) is 0 Å². The van der Waals surface area contributed by atoms with Gasteiger partial charge in [-0.1, -0.05) is 0 Å². The number of aliphatic hydroxyl groups is 2. The average molecular weight is 143 g/mol. The van der Waals surface area contributed by atoms with Gasteiger partial charge in [0.05, 0.1) is 12.1 Å². The Labute approximate surface area is 57.9 Å². The Bertz CT molecular complexity index is 189. The summed E-state index contributed by atoms with van der Waals surface area (Å²) in [7, 11) is 0. The van der Waals surface area contributed by atoms with Gasteiger partial charge in [0.2, 0.25) is 0 Å². The molecule has 1 aliphatic heterocycles. The summed E-state index contributed by atoms with van der Waals surface area (Å²) in [6.45, 7) is 0. The van der Waals surface area contributed by atoms with Crippen LogP contribution in [0.15, 0.2) is 0 Å². The monoisotopic (exact) mass is 143 g/mol. The summed E-state index contributed by atoms with van der Waals surface area (Å²) in [4.78, 5) is 10.8. The molecule has 0 radical (unpaired) electrons. The van der Waals surface area contributed by atoms with Crippen molar-refractivity contribution in [2.75, 3.05) is 0 Å². The standard InChI is InChI=1S/C6H9NO3/c8-4-2-6(10)1-3(4)7-5(6)9/h3-4,8,10H,1-2H2,(H,7,9). The third-order valence-corrected chi connectivity index (χ3v) is 2.31. The van der Waals surface area contributed by atoms with Crippen LogP contribution >= 0.6 is 0 Å². The van der Waals surface area contributed by atoms with E-state index in [-0.39, 0.29) is 18.4 Å². The number of hydrogen-bond acceptors (Lipinski definition) is 3. The lowest BCUT2D eigenvalue weighted by Gasteiger charge is -2.21. The maximum atomic E-state index is 10.8. The van der Waals surface area contributed by atoms with E-state index in [9.17, 15) is 9.90 Å². The molecule has 4 heteroatoms. The Kier molecular flexibility index (Phi) is 0.928. The van der Waals surface area contributed by atoms with Crippen LogP contribution < -0.4 is 5.32 Å². The third-order valence-electron chi connectivity index (χ3n) is 2.31. The van der Waals surface area contributed by atoms with Crippen molar-refractivity contribution in [3.8, 4) is 0 Å². The minimum Gasteiger partial charge on any atom is -0.391 e. The van der Waals surface area contributed by atoms with Gasteiger partial charge in [0, 0.05) is 12.8 Å². The first-order valence-corrected chi connectivity index (χ1v) is 3.33. The predicted octanol–water partition coefficient (Wildman–Crippen LogP) is -1.63. The lowest BCUT2D eigenvalue weighted by Crippen LogP contribution is -2.47. The van der Waals surface area contributed by atoms with Crippen molar-refractivity contribution in [2.24, 2.45) is 0 Å².